The minimum atomic E-state index is 0.735. The summed E-state index contributed by atoms with van der Waals surface area (Å²) < 4.78 is 16.5. The molecule has 0 saturated carbocycles. The van der Waals surface area contributed by atoms with Crippen molar-refractivity contribution in [2.24, 2.45) is 4.99 Å². The molecule has 4 nitrogen and oxygen atoms in total. The van der Waals surface area contributed by atoms with Gasteiger partial charge in [-0.3, -0.25) is 4.99 Å². The van der Waals surface area contributed by atoms with Gasteiger partial charge in [0.1, 0.15) is 23.0 Å². The van der Waals surface area contributed by atoms with Gasteiger partial charge in [0.15, 0.2) is 0 Å². The van der Waals surface area contributed by atoms with Gasteiger partial charge in [0.25, 0.3) is 0 Å². The van der Waals surface area contributed by atoms with E-state index in [0.29, 0.717) is 0 Å². The predicted octanol–water partition coefficient (Wildman–Crippen LogP) is 5.25. The molecule has 0 amide bonds. The van der Waals surface area contributed by atoms with E-state index in [1.165, 1.54) is 0 Å². The van der Waals surface area contributed by atoms with E-state index >= 15 is 0 Å². The smallest absolute Gasteiger partial charge is 0.129 e. The summed E-state index contributed by atoms with van der Waals surface area (Å²) >= 11 is 0. The Kier molecular flexibility index (Phi) is 5.32. The molecule has 0 spiro atoms. The lowest BCUT2D eigenvalue weighted by Crippen LogP contribution is -1.92. The summed E-state index contributed by atoms with van der Waals surface area (Å²) in [6.07, 6.45) is 1.75. The van der Waals surface area contributed by atoms with Crippen molar-refractivity contribution >= 4 is 11.9 Å². The molecule has 0 heterocycles. The van der Waals surface area contributed by atoms with Gasteiger partial charge in [0.05, 0.1) is 19.9 Å². The average Bonchev–Trinajstić information content (AvgIpc) is 2.67. The summed E-state index contributed by atoms with van der Waals surface area (Å²) in [5.74, 6) is 3.02. The Bertz CT molecular complexity index is 860. The van der Waals surface area contributed by atoms with Crippen molar-refractivity contribution in [3.8, 4) is 23.0 Å². The van der Waals surface area contributed by atoms with Crippen LogP contribution in [0.4, 0.5) is 5.69 Å². The van der Waals surface area contributed by atoms with E-state index in [1.54, 1.807) is 20.4 Å². The Labute approximate surface area is 147 Å². The topological polar surface area (TPSA) is 40.0 Å². The molecule has 126 valence electrons. The molecule has 0 aliphatic heterocycles. The molecule has 3 aromatic rings. The molecule has 3 aromatic carbocycles. The van der Waals surface area contributed by atoms with E-state index in [4.69, 9.17) is 14.2 Å². The maximum atomic E-state index is 5.83. The number of nitrogens with zero attached hydrogens (tertiary/aromatic N) is 1. The highest BCUT2D eigenvalue weighted by atomic mass is 16.5. The minimum Gasteiger partial charge on any atom is -0.497 e. The lowest BCUT2D eigenvalue weighted by Gasteiger charge is -2.07. The van der Waals surface area contributed by atoms with Crippen LogP contribution in [-0.2, 0) is 0 Å². The summed E-state index contributed by atoms with van der Waals surface area (Å²) in [6.45, 7) is 0. The van der Waals surface area contributed by atoms with Crippen molar-refractivity contribution in [1.82, 2.24) is 0 Å². The van der Waals surface area contributed by atoms with Crippen molar-refractivity contribution < 1.29 is 14.2 Å². The third-order valence-electron chi connectivity index (χ3n) is 3.59. The third-order valence-corrected chi connectivity index (χ3v) is 3.59. The Balaban J connectivity index is 1.81. The zero-order chi connectivity index (χ0) is 17.5. The maximum Gasteiger partial charge on any atom is 0.129 e. The lowest BCUT2D eigenvalue weighted by molar-refractivity contribution is 0.402. The van der Waals surface area contributed by atoms with Crippen LogP contribution in [0.1, 0.15) is 5.56 Å². The van der Waals surface area contributed by atoms with Gasteiger partial charge in [0.2, 0.25) is 0 Å². The normalized spacial score (nSPS) is 10.6. The first-order valence-electron chi connectivity index (χ1n) is 7.87. The van der Waals surface area contributed by atoms with E-state index in [2.05, 4.69) is 4.99 Å². The average molecular weight is 333 g/mol. The molecule has 0 unspecified atom stereocenters. The summed E-state index contributed by atoms with van der Waals surface area (Å²) in [5.41, 5.74) is 1.63. The fraction of sp³-hybridized carbons (Fsp3) is 0.0952. The van der Waals surface area contributed by atoms with Gasteiger partial charge in [0, 0.05) is 17.8 Å². The Hall–Kier alpha value is -3.27. The second kappa shape index (κ2) is 8.02. The first kappa shape index (κ1) is 16.6. The van der Waals surface area contributed by atoms with Gasteiger partial charge >= 0.3 is 0 Å². The van der Waals surface area contributed by atoms with Crippen molar-refractivity contribution in [2.75, 3.05) is 14.2 Å². The number of methoxy groups -OCH3 is 2. The molecule has 0 aliphatic rings. The van der Waals surface area contributed by atoms with Crippen LogP contribution in [0.3, 0.4) is 0 Å². The summed E-state index contributed by atoms with van der Waals surface area (Å²) in [4.78, 5) is 4.52. The minimum absolute atomic E-state index is 0.735. The van der Waals surface area contributed by atoms with E-state index in [9.17, 15) is 0 Å². The van der Waals surface area contributed by atoms with Gasteiger partial charge in [-0.2, -0.15) is 0 Å². The van der Waals surface area contributed by atoms with E-state index in [1.807, 2.05) is 72.8 Å². The molecule has 3 rings (SSSR count). The second-order valence-corrected chi connectivity index (χ2v) is 5.28. The van der Waals surface area contributed by atoms with Crippen LogP contribution >= 0.6 is 0 Å². The Morgan fingerprint density at radius 2 is 1.52 bits per heavy atom. The zero-order valence-corrected chi connectivity index (χ0v) is 14.2. The summed E-state index contributed by atoms with van der Waals surface area (Å²) in [6, 6.07) is 22.9. The second-order valence-electron chi connectivity index (χ2n) is 5.28. The Morgan fingerprint density at radius 3 is 2.28 bits per heavy atom. The third kappa shape index (κ3) is 4.38. The first-order chi connectivity index (χ1) is 12.3. The number of para-hydroxylation sites is 1. The van der Waals surface area contributed by atoms with Crippen LogP contribution < -0.4 is 14.2 Å². The number of hydrogen-bond donors (Lipinski definition) is 0. The van der Waals surface area contributed by atoms with Gasteiger partial charge in [-0.1, -0.05) is 24.3 Å². The molecule has 0 radical (unpaired) electrons. The van der Waals surface area contributed by atoms with Crippen molar-refractivity contribution in [1.29, 1.82) is 0 Å². The molecule has 25 heavy (non-hydrogen) atoms. The van der Waals surface area contributed by atoms with Gasteiger partial charge in [-0.25, -0.2) is 0 Å². The molecule has 0 aliphatic carbocycles. The molecule has 0 saturated heterocycles. The fourth-order valence-electron chi connectivity index (χ4n) is 2.34. The zero-order valence-electron chi connectivity index (χ0n) is 14.2. The van der Waals surface area contributed by atoms with E-state index in [-0.39, 0.29) is 0 Å². The highest BCUT2D eigenvalue weighted by Gasteiger charge is 2.03. The number of hydrogen-bond acceptors (Lipinski definition) is 4. The fourth-order valence-corrected chi connectivity index (χ4v) is 2.34. The van der Waals surface area contributed by atoms with Crippen LogP contribution in [0.25, 0.3) is 0 Å². The molecule has 4 heteroatoms. The lowest BCUT2D eigenvalue weighted by atomic mass is 10.2. The van der Waals surface area contributed by atoms with Crippen LogP contribution in [0, 0.1) is 0 Å². The number of benzene rings is 3. The van der Waals surface area contributed by atoms with Crippen molar-refractivity contribution in [3.63, 3.8) is 0 Å². The molecule has 0 atom stereocenters. The van der Waals surface area contributed by atoms with E-state index in [0.717, 1.165) is 34.2 Å². The summed E-state index contributed by atoms with van der Waals surface area (Å²) in [5, 5.41) is 0. The largest absolute Gasteiger partial charge is 0.497 e. The predicted molar refractivity (Wildman–Crippen MR) is 99.8 cm³/mol. The quantitative estimate of drug-likeness (QED) is 0.579. The van der Waals surface area contributed by atoms with Gasteiger partial charge in [-0.15, -0.1) is 0 Å². The van der Waals surface area contributed by atoms with E-state index < -0.39 is 0 Å². The van der Waals surface area contributed by atoms with Crippen LogP contribution in [0.15, 0.2) is 77.8 Å². The highest BCUT2D eigenvalue weighted by Crippen LogP contribution is 2.26. The standard InChI is InChI=1S/C21H19NO3/c1-23-19-11-12-21(24-2)16(13-19)15-22-17-7-6-10-20(14-17)25-18-8-4-3-5-9-18/h3-15H,1-2H3. The SMILES string of the molecule is COc1ccc(OC)c(C=Nc2cccc(Oc3ccccc3)c2)c1. The number of ether oxygens (including phenoxy) is 3. The molecular formula is C21H19NO3. The van der Waals surface area contributed by atoms with Crippen LogP contribution in [0.2, 0.25) is 0 Å². The Morgan fingerprint density at radius 1 is 0.720 bits per heavy atom. The highest BCUT2D eigenvalue weighted by molar-refractivity contribution is 5.86. The van der Waals surface area contributed by atoms with Gasteiger partial charge in [-0.05, 0) is 42.5 Å². The first-order valence-corrected chi connectivity index (χ1v) is 7.87. The van der Waals surface area contributed by atoms with Crippen molar-refractivity contribution in [2.45, 2.75) is 0 Å². The maximum absolute atomic E-state index is 5.83. The van der Waals surface area contributed by atoms with Crippen LogP contribution in [0.5, 0.6) is 23.0 Å². The molecule has 0 N–H and O–H groups in total. The monoisotopic (exact) mass is 333 g/mol. The summed E-state index contributed by atoms with van der Waals surface area (Å²) in [7, 11) is 3.26. The molecule has 0 fully saturated rings. The molecule has 0 bridgehead atoms. The molecule has 0 aromatic heterocycles. The van der Waals surface area contributed by atoms with Gasteiger partial charge < -0.3 is 14.2 Å². The number of rotatable bonds is 6. The van der Waals surface area contributed by atoms with Crippen LogP contribution in [-0.4, -0.2) is 20.4 Å². The molecular weight excluding hydrogens is 314 g/mol. The number of aliphatic imine (C=N–C) groups is 1. The van der Waals surface area contributed by atoms with Crippen molar-refractivity contribution in [3.05, 3.63) is 78.4 Å².